The van der Waals surface area contributed by atoms with Crippen molar-refractivity contribution < 1.29 is 78.7 Å². The molecule has 25 unspecified atom stereocenters. The van der Waals surface area contributed by atoms with Gasteiger partial charge < -0.3 is 78.7 Å². The maximum absolute atomic E-state index is 11.0. The zero-order valence-electron chi connectivity index (χ0n) is 34.9. The van der Waals surface area contributed by atoms with E-state index >= 15 is 0 Å². The fourth-order valence-electron chi connectivity index (χ4n) is 14.0. The van der Waals surface area contributed by atoms with E-state index in [1.54, 1.807) is 0 Å². The van der Waals surface area contributed by atoms with Crippen LogP contribution in [-0.2, 0) is 37.9 Å². The van der Waals surface area contributed by atoms with Gasteiger partial charge in [0.15, 0.2) is 24.7 Å². The molecule has 8 N–H and O–H groups in total. The summed E-state index contributed by atoms with van der Waals surface area (Å²) in [5.41, 5.74) is 0.438. The maximum Gasteiger partial charge on any atom is 0.186 e. The third-order valence-corrected chi connectivity index (χ3v) is 17.5. The summed E-state index contributed by atoms with van der Waals surface area (Å²) >= 11 is 0. The molecule has 9 fully saturated rings. The van der Waals surface area contributed by atoms with Crippen molar-refractivity contribution in [2.75, 3.05) is 26.4 Å². The Balaban J connectivity index is 0.780. The smallest absolute Gasteiger partial charge is 0.186 e. The lowest BCUT2D eigenvalue weighted by Gasteiger charge is -2.61. The van der Waals surface area contributed by atoms with Gasteiger partial charge in [0.05, 0.1) is 38.6 Å². The van der Waals surface area contributed by atoms with Crippen LogP contribution in [0.2, 0.25) is 0 Å². The van der Waals surface area contributed by atoms with Crippen LogP contribution in [0.25, 0.3) is 0 Å². The molecule has 4 saturated carbocycles. The Bertz CT molecular complexity index is 1470. The molecule has 5 aliphatic heterocycles. The van der Waals surface area contributed by atoms with Crippen LogP contribution in [-0.4, -0.2) is 165 Å². The Morgan fingerprint density at radius 1 is 0.627 bits per heavy atom. The first-order chi connectivity index (χ1) is 28.0. The van der Waals surface area contributed by atoms with Crippen molar-refractivity contribution in [2.24, 2.45) is 52.3 Å². The molecular formula is C43H70O16. The van der Waals surface area contributed by atoms with Crippen LogP contribution in [0.15, 0.2) is 0 Å². The summed E-state index contributed by atoms with van der Waals surface area (Å²) in [5.74, 6) is 3.53. The van der Waals surface area contributed by atoms with Crippen LogP contribution in [0, 0.1) is 52.3 Å². The predicted molar refractivity (Wildman–Crippen MR) is 204 cm³/mol. The highest BCUT2D eigenvalue weighted by Gasteiger charge is 2.69. The van der Waals surface area contributed by atoms with Crippen molar-refractivity contribution >= 4 is 0 Å². The largest absolute Gasteiger partial charge is 0.388 e. The lowest BCUT2D eigenvalue weighted by atomic mass is 9.44. The maximum atomic E-state index is 11.0. The molecule has 0 aromatic carbocycles. The van der Waals surface area contributed by atoms with E-state index in [0.717, 1.165) is 45.1 Å². The van der Waals surface area contributed by atoms with E-state index in [-0.39, 0.29) is 42.9 Å². The van der Waals surface area contributed by atoms with Gasteiger partial charge in [-0.15, -0.1) is 0 Å². The number of fused-ring (bicyclic) bond motifs is 7. The molecule has 59 heavy (non-hydrogen) atoms. The molecular weight excluding hydrogens is 772 g/mol. The first kappa shape index (κ1) is 43.6. The molecule has 0 aromatic rings. The van der Waals surface area contributed by atoms with Crippen molar-refractivity contribution in [1.82, 2.24) is 0 Å². The topological polar surface area (TPSA) is 236 Å². The highest BCUT2D eigenvalue weighted by molar-refractivity contribution is 5.15. The van der Waals surface area contributed by atoms with Gasteiger partial charge >= 0.3 is 0 Å². The van der Waals surface area contributed by atoms with Crippen molar-refractivity contribution in [1.29, 1.82) is 0 Å². The van der Waals surface area contributed by atoms with E-state index in [2.05, 4.69) is 27.7 Å². The quantitative estimate of drug-likeness (QED) is 0.164. The van der Waals surface area contributed by atoms with Crippen LogP contribution >= 0.6 is 0 Å². The number of aliphatic hydroxyl groups excluding tert-OH is 8. The van der Waals surface area contributed by atoms with Crippen LogP contribution in [0.3, 0.4) is 0 Å². The van der Waals surface area contributed by atoms with E-state index in [4.69, 9.17) is 37.9 Å². The zero-order valence-corrected chi connectivity index (χ0v) is 34.9. The summed E-state index contributed by atoms with van der Waals surface area (Å²) in [4.78, 5) is 0. The fraction of sp³-hybridized carbons (Fsp3) is 1.00. The Morgan fingerprint density at radius 3 is 2.12 bits per heavy atom. The molecule has 9 rings (SSSR count). The number of aliphatic hydroxyl groups is 8. The lowest BCUT2D eigenvalue weighted by Crippen LogP contribution is -2.62. The molecule has 5 heterocycles. The van der Waals surface area contributed by atoms with E-state index in [1.807, 2.05) is 0 Å². The summed E-state index contributed by atoms with van der Waals surface area (Å²) in [6, 6.07) is 0. The highest BCUT2D eigenvalue weighted by atomic mass is 16.7. The molecule has 0 bridgehead atoms. The van der Waals surface area contributed by atoms with Gasteiger partial charge in [-0.25, -0.2) is 0 Å². The second-order valence-corrected chi connectivity index (χ2v) is 20.7. The normalized spacial score (nSPS) is 58.8. The van der Waals surface area contributed by atoms with Gasteiger partial charge in [0, 0.05) is 12.3 Å². The molecule has 0 radical (unpaired) electrons. The third kappa shape index (κ3) is 7.38. The van der Waals surface area contributed by atoms with E-state index < -0.39 is 85.7 Å². The number of ether oxygens (including phenoxy) is 8. The minimum atomic E-state index is -1.63. The molecule has 4 aliphatic carbocycles. The van der Waals surface area contributed by atoms with Crippen molar-refractivity contribution in [3.05, 3.63) is 0 Å². The highest BCUT2D eigenvalue weighted by Crippen LogP contribution is 2.71. The van der Waals surface area contributed by atoms with Crippen molar-refractivity contribution in [2.45, 2.75) is 190 Å². The fourth-order valence-corrected chi connectivity index (χ4v) is 14.0. The SMILES string of the molecule is CC1CCC2(OC1)OC1CC3C4CCC5CC(OC6OC(COC7OCC(OC8OCC(O)C(O)C8O)C(O)C7O)C(O)C(O)C6O)CCC5(C)C4CCC3(C)C1C2C. The first-order valence-corrected chi connectivity index (χ1v) is 22.6. The van der Waals surface area contributed by atoms with E-state index in [1.165, 1.54) is 25.7 Å². The molecule has 1 spiro atoms. The standard InChI is InChI=1S/C43H70O16/c1-19-7-12-43(55-15-19)20(2)30-27(59-43)14-25-23-6-5-21-13-22(8-10-41(21,3)24(23)9-11-42(25,30)4)56-40-37(51)34(48)32(46)28(58-40)17-53-38-36(50)33(47)29(18-54-38)57-39-35(49)31(45)26(44)16-52-39/h19-40,44-51H,5-18H2,1-4H3. The molecule has 0 amide bonds. The number of rotatable bonds is 7. The minimum absolute atomic E-state index is 0.179. The van der Waals surface area contributed by atoms with Crippen molar-refractivity contribution in [3.63, 3.8) is 0 Å². The second kappa shape index (κ2) is 16.4. The number of hydrogen-bond acceptors (Lipinski definition) is 16. The Morgan fingerprint density at radius 2 is 1.36 bits per heavy atom. The van der Waals surface area contributed by atoms with Gasteiger partial charge in [0.2, 0.25) is 0 Å². The summed E-state index contributed by atoms with van der Waals surface area (Å²) in [7, 11) is 0. The predicted octanol–water partition coefficient (Wildman–Crippen LogP) is 0.545. The second-order valence-electron chi connectivity index (χ2n) is 20.7. The number of hydrogen-bond donors (Lipinski definition) is 8. The van der Waals surface area contributed by atoms with Crippen LogP contribution in [0.1, 0.15) is 91.9 Å². The summed E-state index contributed by atoms with van der Waals surface area (Å²) in [6.07, 6.45) is -7.76. The van der Waals surface area contributed by atoms with Crippen LogP contribution in [0.5, 0.6) is 0 Å². The first-order valence-electron chi connectivity index (χ1n) is 22.6. The van der Waals surface area contributed by atoms with E-state index in [0.29, 0.717) is 41.4 Å². The van der Waals surface area contributed by atoms with Gasteiger partial charge in [-0.3, -0.25) is 0 Å². The van der Waals surface area contributed by atoms with Gasteiger partial charge in [0.25, 0.3) is 0 Å². The molecule has 25 atom stereocenters. The van der Waals surface area contributed by atoms with Crippen LogP contribution < -0.4 is 0 Å². The molecule has 338 valence electrons. The molecule has 9 aliphatic rings. The zero-order chi connectivity index (χ0) is 41.8. The van der Waals surface area contributed by atoms with Crippen LogP contribution in [0.4, 0.5) is 0 Å². The Hall–Kier alpha value is -0.640. The molecule has 0 aromatic heterocycles. The third-order valence-electron chi connectivity index (χ3n) is 17.5. The summed E-state index contributed by atoms with van der Waals surface area (Å²) in [5, 5.41) is 84.2. The average Bonchev–Trinajstić information content (AvgIpc) is 3.67. The average molecular weight is 843 g/mol. The van der Waals surface area contributed by atoms with E-state index in [9.17, 15) is 40.9 Å². The van der Waals surface area contributed by atoms with Gasteiger partial charge in [-0.2, -0.15) is 0 Å². The van der Waals surface area contributed by atoms with Crippen molar-refractivity contribution in [3.8, 4) is 0 Å². The molecule has 5 saturated heterocycles. The lowest BCUT2D eigenvalue weighted by molar-refractivity contribution is -0.343. The minimum Gasteiger partial charge on any atom is -0.388 e. The van der Waals surface area contributed by atoms with Gasteiger partial charge in [-0.1, -0.05) is 27.7 Å². The monoisotopic (exact) mass is 842 g/mol. The summed E-state index contributed by atoms with van der Waals surface area (Å²) < 4.78 is 48.1. The molecule has 16 heteroatoms. The van der Waals surface area contributed by atoms with Gasteiger partial charge in [0.1, 0.15) is 61.0 Å². The Labute approximate surface area is 346 Å². The molecule has 16 nitrogen and oxygen atoms in total. The van der Waals surface area contributed by atoms with Gasteiger partial charge in [-0.05, 0) is 104 Å². The summed E-state index contributed by atoms with van der Waals surface area (Å²) in [6.45, 7) is 9.58. The Kier molecular flexibility index (Phi) is 12.1.